The molecule has 9 heteroatoms. The van der Waals surface area contributed by atoms with Gasteiger partial charge in [0.05, 0.1) is 11.7 Å². The monoisotopic (exact) mass is 435 g/mol. The first-order valence-corrected chi connectivity index (χ1v) is 10.9. The van der Waals surface area contributed by atoms with Gasteiger partial charge in [-0.2, -0.15) is 12.7 Å². The fourth-order valence-electron chi connectivity index (χ4n) is 3.41. The van der Waals surface area contributed by atoms with Gasteiger partial charge < -0.3 is 10.1 Å². The van der Waals surface area contributed by atoms with Crippen molar-refractivity contribution in [1.29, 1.82) is 0 Å². The lowest BCUT2D eigenvalue weighted by molar-refractivity contribution is -0.120. The number of ether oxygens (including phenoxy) is 1. The molecule has 0 aliphatic carbocycles. The van der Waals surface area contributed by atoms with Crippen molar-refractivity contribution in [3.8, 4) is 5.75 Å². The van der Waals surface area contributed by atoms with E-state index < -0.39 is 34.1 Å². The molecule has 7 nitrogen and oxygen atoms in total. The highest BCUT2D eigenvalue weighted by atomic mass is 32.2. The van der Waals surface area contributed by atoms with Gasteiger partial charge in [0, 0.05) is 26.1 Å². The zero-order valence-electron chi connectivity index (χ0n) is 17.4. The molecule has 1 amide bonds. The zero-order chi connectivity index (χ0) is 22.1. The van der Waals surface area contributed by atoms with Crippen LogP contribution in [0.15, 0.2) is 48.5 Å². The van der Waals surface area contributed by atoms with Crippen LogP contribution in [0.1, 0.15) is 31.9 Å². The van der Waals surface area contributed by atoms with Gasteiger partial charge >= 0.3 is 10.2 Å². The Balaban J connectivity index is 1.86. The summed E-state index contributed by atoms with van der Waals surface area (Å²) in [6, 6.07) is 12.1. The quantitative estimate of drug-likeness (QED) is 0.757. The summed E-state index contributed by atoms with van der Waals surface area (Å²) < 4.78 is 46.9. The second-order valence-electron chi connectivity index (χ2n) is 8.00. The number of nitrogens with one attached hydrogen (secondary N) is 1. The molecule has 1 atom stereocenters. The van der Waals surface area contributed by atoms with Crippen molar-refractivity contribution in [2.75, 3.05) is 24.9 Å². The van der Waals surface area contributed by atoms with Gasteiger partial charge in [-0.1, -0.05) is 18.2 Å². The van der Waals surface area contributed by atoms with Gasteiger partial charge in [-0.3, -0.25) is 4.79 Å². The summed E-state index contributed by atoms with van der Waals surface area (Å²) in [6.07, 6.45) is 0.534. The van der Waals surface area contributed by atoms with E-state index in [0.29, 0.717) is 12.2 Å². The van der Waals surface area contributed by atoms with Gasteiger partial charge in [0.2, 0.25) is 5.91 Å². The molecule has 162 valence electrons. The highest BCUT2D eigenvalue weighted by Gasteiger charge is 2.35. The summed E-state index contributed by atoms with van der Waals surface area (Å²) in [7, 11) is -1.21. The Morgan fingerprint density at radius 3 is 2.43 bits per heavy atom. The van der Waals surface area contributed by atoms with Gasteiger partial charge in [-0.25, -0.2) is 8.70 Å². The molecule has 0 aromatic heterocycles. The highest BCUT2D eigenvalue weighted by Crippen LogP contribution is 2.39. The summed E-state index contributed by atoms with van der Waals surface area (Å²) in [6.45, 7) is 3.43. The minimum absolute atomic E-state index is 0.202. The molecule has 0 saturated heterocycles. The molecule has 0 fully saturated rings. The second kappa shape index (κ2) is 8.23. The van der Waals surface area contributed by atoms with Crippen LogP contribution in [-0.4, -0.2) is 44.9 Å². The van der Waals surface area contributed by atoms with Crippen molar-refractivity contribution in [3.05, 3.63) is 59.9 Å². The normalized spacial score (nSPS) is 17.7. The van der Waals surface area contributed by atoms with Crippen LogP contribution in [0, 0.1) is 5.82 Å². The predicted molar refractivity (Wildman–Crippen MR) is 113 cm³/mol. The van der Waals surface area contributed by atoms with Gasteiger partial charge in [0.25, 0.3) is 0 Å². The number of para-hydroxylation sites is 1. The van der Waals surface area contributed by atoms with Gasteiger partial charge in [-0.15, -0.1) is 0 Å². The average molecular weight is 436 g/mol. The van der Waals surface area contributed by atoms with Crippen LogP contribution in [0.3, 0.4) is 0 Å². The Morgan fingerprint density at radius 1 is 1.17 bits per heavy atom. The highest BCUT2D eigenvalue weighted by molar-refractivity contribution is 7.90. The number of carbonyl (C=O) groups is 1. The first-order valence-electron chi connectivity index (χ1n) is 9.53. The maximum Gasteiger partial charge on any atom is 0.304 e. The molecule has 2 aromatic carbocycles. The third-order valence-electron chi connectivity index (χ3n) is 4.85. The molecule has 0 saturated carbocycles. The van der Waals surface area contributed by atoms with Gasteiger partial charge in [-0.05, 0) is 44.2 Å². The van der Waals surface area contributed by atoms with E-state index in [9.17, 15) is 17.6 Å². The van der Waals surface area contributed by atoms with E-state index >= 15 is 0 Å². The average Bonchev–Trinajstić information content (AvgIpc) is 2.66. The third-order valence-corrected chi connectivity index (χ3v) is 6.67. The molecular weight excluding hydrogens is 409 g/mol. The van der Waals surface area contributed by atoms with Crippen LogP contribution in [-0.2, 0) is 15.0 Å². The predicted octanol–water partition coefficient (Wildman–Crippen LogP) is 2.86. The molecular formula is C21H26FN3O4S. The molecule has 1 aliphatic rings. The second-order valence-corrected chi connectivity index (χ2v) is 10.1. The van der Waals surface area contributed by atoms with E-state index in [4.69, 9.17) is 4.74 Å². The van der Waals surface area contributed by atoms with Crippen molar-refractivity contribution in [2.45, 2.75) is 31.9 Å². The van der Waals surface area contributed by atoms with Crippen molar-refractivity contribution >= 4 is 21.8 Å². The summed E-state index contributed by atoms with van der Waals surface area (Å²) in [4.78, 5) is 12.9. The summed E-state index contributed by atoms with van der Waals surface area (Å²) in [5.41, 5.74) is 0.556. The zero-order valence-corrected chi connectivity index (χ0v) is 18.2. The minimum atomic E-state index is -3.97. The third kappa shape index (κ3) is 4.73. The van der Waals surface area contributed by atoms with Crippen LogP contribution < -0.4 is 14.4 Å². The van der Waals surface area contributed by atoms with Gasteiger partial charge in [0.1, 0.15) is 23.7 Å². The lowest BCUT2D eigenvalue weighted by atomic mass is 9.89. The number of hydrogen-bond acceptors (Lipinski definition) is 4. The molecule has 0 bridgehead atoms. The number of carbonyl (C=O) groups excluding carboxylic acids is 1. The topological polar surface area (TPSA) is 79.0 Å². The maximum atomic E-state index is 13.3. The minimum Gasteiger partial charge on any atom is -0.487 e. The van der Waals surface area contributed by atoms with Crippen LogP contribution in [0.5, 0.6) is 5.75 Å². The SMILES string of the molecule is CN(C)S(=O)(=O)N(CC(=O)NC1CC(C)(C)Oc2ccccc21)c1ccc(F)cc1. The van der Waals surface area contributed by atoms with E-state index in [1.807, 2.05) is 38.1 Å². The Bertz CT molecular complexity index is 1020. The Morgan fingerprint density at radius 2 is 1.80 bits per heavy atom. The molecule has 1 unspecified atom stereocenters. The molecule has 1 heterocycles. The summed E-state index contributed by atoms with van der Waals surface area (Å²) >= 11 is 0. The molecule has 3 rings (SSSR count). The van der Waals surface area contributed by atoms with Crippen molar-refractivity contribution in [1.82, 2.24) is 9.62 Å². The molecule has 30 heavy (non-hydrogen) atoms. The largest absolute Gasteiger partial charge is 0.487 e. The Kier molecular flexibility index (Phi) is 6.05. The maximum absolute atomic E-state index is 13.3. The van der Waals surface area contributed by atoms with Crippen LogP contribution in [0.4, 0.5) is 10.1 Å². The summed E-state index contributed by atoms with van der Waals surface area (Å²) in [5, 5.41) is 2.94. The Labute approximate surface area is 176 Å². The lowest BCUT2D eigenvalue weighted by Gasteiger charge is -2.38. The van der Waals surface area contributed by atoms with Crippen molar-refractivity contribution in [2.24, 2.45) is 0 Å². The lowest BCUT2D eigenvalue weighted by Crippen LogP contribution is -2.48. The van der Waals surface area contributed by atoms with E-state index in [0.717, 1.165) is 26.3 Å². The van der Waals surface area contributed by atoms with Crippen LogP contribution >= 0.6 is 0 Å². The number of halogens is 1. The number of nitrogens with zero attached hydrogens (tertiary/aromatic N) is 2. The molecule has 0 spiro atoms. The number of fused-ring (bicyclic) bond motifs is 1. The molecule has 2 aromatic rings. The van der Waals surface area contributed by atoms with E-state index in [-0.39, 0.29) is 11.7 Å². The number of amides is 1. The van der Waals surface area contributed by atoms with Crippen molar-refractivity contribution < 1.29 is 22.3 Å². The van der Waals surface area contributed by atoms with Crippen LogP contribution in [0.2, 0.25) is 0 Å². The fraction of sp³-hybridized carbons (Fsp3) is 0.381. The first kappa shape index (κ1) is 22.0. The van der Waals surface area contributed by atoms with E-state index in [2.05, 4.69) is 5.32 Å². The van der Waals surface area contributed by atoms with Crippen molar-refractivity contribution in [3.63, 3.8) is 0 Å². The van der Waals surface area contributed by atoms with E-state index in [1.54, 1.807) is 0 Å². The molecule has 0 radical (unpaired) electrons. The van der Waals surface area contributed by atoms with Gasteiger partial charge in [0.15, 0.2) is 0 Å². The number of rotatable bonds is 6. The number of benzene rings is 2. The Hall–Kier alpha value is -2.65. The first-order chi connectivity index (χ1) is 14.0. The molecule has 1 aliphatic heterocycles. The van der Waals surface area contributed by atoms with Crippen LogP contribution in [0.25, 0.3) is 0 Å². The van der Waals surface area contributed by atoms with E-state index in [1.165, 1.54) is 26.2 Å². The number of anilines is 1. The smallest absolute Gasteiger partial charge is 0.304 e. The standard InChI is InChI=1S/C21H26FN3O4S/c1-21(2)13-18(17-7-5-6-8-19(17)29-21)23-20(26)14-25(30(27,28)24(3)4)16-11-9-15(22)10-12-16/h5-12,18H,13-14H2,1-4H3,(H,23,26). The fourth-order valence-corrected chi connectivity index (χ4v) is 4.47. The number of hydrogen-bond donors (Lipinski definition) is 1. The summed E-state index contributed by atoms with van der Waals surface area (Å²) in [5.74, 6) is -0.274. The molecule has 1 N–H and O–H groups in total.